The number of hydrogen-bond acceptors (Lipinski definition) is 2. The molecule has 0 amide bonds. The summed E-state index contributed by atoms with van der Waals surface area (Å²) in [6, 6.07) is 0.454. The third kappa shape index (κ3) is 4.11. The first-order valence-electron chi connectivity index (χ1n) is 8.39. The third-order valence-corrected chi connectivity index (χ3v) is 4.75. The van der Waals surface area contributed by atoms with Crippen LogP contribution < -0.4 is 10.6 Å². The molecule has 4 atom stereocenters. The van der Waals surface area contributed by atoms with Gasteiger partial charge in [0.05, 0.1) is 18.2 Å². The first kappa shape index (κ1) is 15.6. The summed E-state index contributed by atoms with van der Waals surface area (Å²) < 4.78 is 5.88. The van der Waals surface area contributed by atoms with Crippen molar-refractivity contribution in [3.05, 3.63) is 0 Å². The highest BCUT2D eigenvalue weighted by Crippen LogP contribution is 2.34. The molecule has 4 heteroatoms. The van der Waals surface area contributed by atoms with Gasteiger partial charge in [-0.25, -0.2) is 0 Å². The monoisotopic (exact) mass is 281 g/mol. The van der Waals surface area contributed by atoms with Crippen LogP contribution in [0, 0.1) is 5.92 Å². The lowest BCUT2D eigenvalue weighted by Gasteiger charge is -2.24. The fourth-order valence-corrected chi connectivity index (χ4v) is 3.34. The Hall–Kier alpha value is -0.770. The Kier molecular flexibility index (Phi) is 6.14. The molecule has 2 fully saturated rings. The van der Waals surface area contributed by atoms with Gasteiger partial charge in [-0.3, -0.25) is 4.99 Å². The third-order valence-electron chi connectivity index (χ3n) is 4.75. The number of nitrogens with one attached hydrogen (secondary N) is 2. The van der Waals surface area contributed by atoms with Crippen molar-refractivity contribution >= 4 is 5.96 Å². The standard InChI is InChI=1S/C16H31N3O/c1-4-6-7-12(5-2)11-18-16(17-3)19-14-10-13-8-9-15(14)20-13/h12-15H,4-11H2,1-3H3,(H2,17,18,19). The molecule has 20 heavy (non-hydrogen) atoms. The Morgan fingerprint density at radius 3 is 2.75 bits per heavy atom. The summed E-state index contributed by atoms with van der Waals surface area (Å²) in [7, 11) is 1.86. The molecule has 2 bridgehead atoms. The van der Waals surface area contributed by atoms with Gasteiger partial charge in [0.15, 0.2) is 5.96 Å². The number of unbranched alkanes of at least 4 members (excludes halogenated alkanes) is 1. The van der Waals surface area contributed by atoms with E-state index in [1.165, 1.54) is 38.5 Å². The summed E-state index contributed by atoms with van der Waals surface area (Å²) in [5, 5.41) is 7.05. The first-order valence-corrected chi connectivity index (χ1v) is 8.39. The molecular weight excluding hydrogens is 250 g/mol. The second-order valence-corrected chi connectivity index (χ2v) is 6.23. The van der Waals surface area contributed by atoms with E-state index in [1.807, 2.05) is 7.05 Å². The Bertz CT molecular complexity index is 319. The van der Waals surface area contributed by atoms with Gasteiger partial charge < -0.3 is 15.4 Å². The van der Waals surface area contributed by atoms with Crippen LogP contribution in [0.5, 0.6) is 0 Å². The highest BCUT2D eigenvalue weighted by atomic mass is 16.5. The predicted molar refractivity (Wildman–Crippen MR) is 84.1 cm³/mol. The maximum absolute atomic E-state index is 5.88. The van der Waals surface area contributed by atoms with Crippen molar-refractivity contribution in [2.24, 2.45) is 10.9 Å². The van der Waals surface area contributed by atoms with Crippen LogP contribution in [-0.2, 0) is 4.74 Å². The van der Waals surface area contributed by atoms with Gasteiger partial charge in [0, 0.05) is 13.6 Å². The number of fused-ring (bicyclic) bond motifs is 2. The number of hydrogen-bond donors (Lipinski definition) is 2. The Balaban J connectivity index is 1.72. The van der Waals surface area contributed by atoms with Crippen LogP contribution in [0.15, 0.2) is 4.99 Å². The fraction of sp³-hybridized carbons (Fsp3) is 0.938. The second-order valence-electron chi connectivity index (χ2n) is 6.23. The molecule has 0 aromatic carbocycles. The molecule has 2 heterocycles. The van der Waals surface area contributed by atoms with Gasteiger partial charge in [0.2, 0.25) is 0 Å². The molecule has 0 saturated carbocycles. The zero-order valence-corrected chi connectivity index (χ0v) is 13.3. The van der Waals surface area contributed by atoms with Gasteiger partial charge in [-0.05, 0) is 31.6 Å². The second kappa shape index (κ2) is 7.87. The van der Waals surface area contributed by atoms with Gasteiger partial charge in [0.25, 0.3) is 0 Å². The number of ether oxygens (including phenoxy) is 1. The van der Waals surface area contributed by atoms with Crippen molar-refractivity contribution in [3.8, 4) is 0 Å². The normalized spacial score (nSPS) is 30.6. The van der Waals surface area contributed by atoms with E-state index in [-0.39, 0.29) is 0 Å². The maximum atomic E-state index is 5.88. The van der Waals surface area contributed by atoms with Crippen LogP contribution in [0.1, 0.15) is 58.8 Å². The molecule has 2 saturated heterocycles. The molecule has 4 unspecified atom stereocenters. The predicted octanol–water partition coefficient (Wildman–Crippen LogP) is 2.69. The minimum Gasteiger partial charge on any atom is -0.373 e. The van der Waals surface area contributed by atoms with E-state index in [0.717, 1.165) is 24.8 Å². The minimum absolute atomic E-state index is 0.403. The van der Waals surface area contributed by atoms with Crippen LogP contribution in [0.3, 0.4) is 0 Å². The van der Waals surface area contributed by atoms with Gasteiger partial charge in [-0.15, -0.1) is 0 Å². The summed E-state index contributed by atoms with van der Waals surface area (Å²) in [6.07, 6.45) is 9.63. The van der Waals surface area contributed by atoms with Gasteiger partial charge in [-0.2, -0.15) is 0 Å². The summed E-state index contributed by atoms with van der Waals surface area (Å²) >= 11 is 0. The molecule has 0 aliphatic carbocycles. The average molecular weight is 281 g/mol. The SMILES string of the molecule is CCCCC(CC)CNC(=NC)NC1CC2CCC1O2. The zero-order chi connectivity index (χ0) is 14.4. The van der Waals surface area contributed by atoms with Crippen molar-refractivity contribution in [2.75, 3.05) is 13.6 Å². The molecule has 2 N–H and O–H groups in total. The topological polar surface area (TPSA) is 45.7 Å². The van der Waals surface area contributed by atoms with E-state index in [4.69, 9.17) is 4.74 Å². The molecule has 0 aromatic heterocycles. The fourth-order valence-electron chi connectivity index (χ4n) is 3.34. The van der Waals surface area contributed by atoms with E-state index in [1.54, 1.807) is 0 Å². The van der Waals surface area contributed by atoms with Crippen LogP contribution in [-0.4, -0.2) is 37.8 Å². The van der Waals surface area contributed by atoms with Gasteiger partial charge >= 0.3 is 0 Å². The quantitative estimate of drug-likeness (QED) is 0.557. The molecule has 0 radical (unpaired) electrons. The molecule has 4 nitrogen and oxygen atoms in total. The van der Waals surface area contributed by atoms with Crippen LogP contribution in [0.2, 0.25) is 0 Å². The number of nitrogens with zero attached hydrogens (tertiary/aromatic N) is 1. The smallest absolute Gasteiger partial charge is 0.191 e. The number of rotatable bonds is 7. The van der Waals surface area contributed by atoms with E-state index in [2.05, 4.69) is 29.5 Å². The van der Waals surface area contributed by atoms with E-state index < -0.39 is 0 Å². The molecule has 0 aromatic rings. The van der Waals surface area contributed by atoms with E-state index >= 15 is 0 Å². The Morgan fingerprint density at radius 2 is 2.20 bits per heavy atom. The zero-order valence-electron chi connectivity index (χ0n) is 13.3. The number of aliphatic imine (C=N–C) groups is 1. The van der Waals surface area contributed by atoms with Gasteiger partial charge in [0.1, 0.15) is 0 Å². The molecule has 0 spiro atoms. The largest absolute Gasteiger partial charge is 0.373 e. The summed E-state index contributed by atoms with van der Waals surface area (Å²) in [4.78, 5) is 4.36. The minimum atomic E-state index is 0.403. The molecule has 2 aliphatic rings. The lowest BCUT2D eigenvalue weighted by molar-refractivity contribution is 0.0992. The summed E-state index contributed by atoms with van der Waals surface area (Å²) in [5.41, 5.74) is 0. The van der Waals surface area contributed by atoms with Crippen molar-refractivity contribution in [1.29, 1.82) is 0 Å². The number of guanidine groups is 1. The highest BCUT2D eigenvalue weighted by molar-refractivity contribution is 5.80. The summed E-state index contributed by atoms with van der Waals surface area (Å²) in [5.74, 6) is 1.70. The van der Waals surface area contributed by atoms with Gasteiger partial charge in [-0.1, -0.05) is 33.1 Å². The average Bonchev–Trinajstić information content (AvgIpc) is 3.08. The van der Waals surface area contributed by atoms with Crippen molar-refractivity contribution < 1.29 is 4.74 Å². The highest BCUT2D eigenvalue weighted by Gasteiger charge is 2.41. The lowest BCUT2D eigenvalue weighted by atomic mass is 9.95. The Labute approximate surface area is 123 Å². The lowest BCUT2D eigenvalue weighted by Crippen LogP contribution is -2.48. The maximum Gasteiger partial charge on any atom is 0.191 e. The van der Waals surface area contributed by atoms with E-state index in [0.29, 0.717) is 18.2 Å². The van der Waals surface area contributed by atoms with Crippen LogP contribution in [0.25, 0.3) is 0 Å². The van der Waals surface area contributed by atoms with Crippen LogP contribution in [0.4, 0.5) is 0 Å². The van der Waals surface area contributed by atoms with Crippen molar-refractivity contribution in [2.45, 2.75) is 77.0 Å². The Morgan fingerprint density at radius 1 is 1.35 bits per heavy atom. The summed E-state index contributed by atoms with van der Waals surface area (Å²) in [6.45, 7) is 5.57. The molecule has 2 rings (SSSR count). The van der Waals surface area contributed by atoms with E-state index in [9.17, 15) is 0 Å². The molecule has 2 aliphatic heterocycles. The molecule has 116 valence electrons. The van der Waals surface area contributed by atoms with Crippen LogP contribution >= 0.6 is 0 Å². The van der Waals surface area contributed by atoms with Crippen molar-refractivity contribution in [1.82, 2.24) is 10.6 Å². The molecular formula is C16H31N3O. The first-order chi connectivity index (χ1) is 9.76. The van der Waals surface area contributed by atoms with Crippen molar-refractivity contribution in [3.63, 3.8) is 0 Å².